The lowest BCUT2D eigenvalue weighted by Gasteiger charge is -2.29. The minimum atomic E-state index is 0.210. The summed E-state index contributed by atoms with van der Waals surface area (Å²) in [6.07, 6.45) is 3.81. The molecule has 2 atom stereocenters. The molecule has 0 saturated heterocycles. The Morgan fingerprint density at radius 1 is 1.29 bits per heavy atom. The Morgan fingerprint density at radius 2 is 1.86 bits per heavy atom. The molecule has 0 aromatic heterocycles. The summed E-state index contributed by atoms with van der Waals surface area (Å²) in [5.41, 5.74) is 0.340. The van der Waals surface area contributed by atoms with Crippen LogP contribution in [0.15, 0.2) is 0 Å². The molecule has 1 nitrogen and oxygen atoms in total. The van der Waals surface area contributed by atoms with Crippen molar-refractivity contribution in [3.63, 3.8) is 0 Å². The molecule has 0 N–H and O–H groups in total. The molecule has 0 spiro atoms. The number of halogens is 1. The molecule has 0 aromatic rings. The Bertz CT molecular complexity index is 145. The third kappa shape index (κ3) is 5.87. The van der Waals surface area contributed by atoms with E-state index in [1.54, 1.807) is 0 Å². The van der Waals surface area contributed by atoms with Crippen LogP contribution in [0.2, 0.25) is 0 Å². The lowest BCUT2D eigenvalue weighted by atomic mass is 9.84. The zero-order chi connectivity index (χ0) is 11.2. The van der Waals surface area contributed by atoms with Crippen molar-refractivity contribution < 1.29 is 4.74 Å². The molecule has 0 aromatic carbocycles. The first-order valence-corrected chi connectivity index (χ1v) is 6.20. The molecule has 0 saturated carbocycles. The summed E-state index contributed by atoms with van der Waals surface area (Å²) in [6.45, 7) is 11.0. The summed E-state index contributed by atoms with van der Waals surface area (Å²) in [4.78, 5) is 0. The highest BCUT2D eigenvalue weighted by Crippen LogP contribution is 2.28. The highest BCUT2D eigenvalue weighted by atomic mass is 35.5. The van der Waals surface area contributed by atoms with Crippen LogP contribution >= 0.6 is 11.6 Å². The number of hydrogen-bond donors (Lipinski definition) is 0. The summed E-state index contributed by atoms with van der Waals surface area (Å²) in [7, 11) is 0. The van der Waals surface area contributed by atoms with E-state index in [2.05, 4.69) is 34.6 Å². The topological polar surface area (TPSA) is 9.23 Å². The van der Waals surface area contributed by atoms with Gasteiger partial charge < -0.3 is 4.74 Å². The van der Waals surface area contributed by atoms with Gasteiger partial charge in [-0.2, -0.15) is 0 Å². The van der Waals surface area contributed by atoms with Crippen LogP contribution in [-0.2, 0) is 4.74 Å². The van der Waals surface area contributed by atoms with Crippen molar-refractivity contribution >= 4 is 11.6 Å². The maximum absolute atomic E-state index is 5.91. The molecule has 2 heteroatoms. The van der Waals surface area contributed by atoms with E-state index >= 15 is 0 Å². The number of hydrogen-bond acceptors (Lipinski definition) is 1. The van der Waals surface area contributed by atoms with Crippen molar-refractivity contribution in [1.82, 2.24) is 0 Å². The van der Waals surface area contributed by atoms with E-state index in [1.807, 2.05) is 0 Å². The Labute approximate surface area is 94.2 Å². The third-order valence-corrected chi connectivity index (χ3v) is 3.25. The van der Waals surface area contributed by atoms with Crippen LogP contribution in [-0.4, -0.2) is 18.1 Å². The van der Waals surface area contributed by atoms with Crippen LogP contribution in [0, 0.1) is 5.41 Å². The number of ether oxygens (including phenoxy) is 1. The van der Waals surface area contributed by atoms with Crippen LogP contribution in [0.5, 0.6) is 0 Å². The van der Waals surface area contributed by atoms with Gasteiger partial charge in [0.1, 0.15) is 0 Å². The Morgan fingerprint density at radius 3 is 2.21 bits per heavy atom. The van der Waals surface area contributed by atoms with Crippen LogP contribution in [0.4, 0.5) is 0 Å². The molecule has 0 amide bonds. The van der Waals surface area contributed by atoms with Crippen molar-refractivity contribution in [2.75, 3.05) is 5.88 Å². The molecule has 0 heterocycles. The van der Waals surface area contributed by atoms with Crippen LogP contribution in [0.3, 0.4) is 0 Å². The molecule has 0 aliphatic rings. The first kappa shape index (κ1) is 14.2. The Kier molecular flexibility index (Phi) is 6.80. The minimum Gasteiger partial charge on any atom is -0.374 e. The highest BCUT2D eigenvalue weighted by Gasteiger charge is 2.22. The normalized spacial score (nSPS) is 16.7. The van der Waals surface area contributed by atoms with Gasteiger partial charge in [0.05, 0.1) is 12.2 Å². The molecule has 0 radical (unpaired) electrons. The van der Waals surface area contributed by atoms with Gasteiger partial charge in [-0.1, -0.05) is 34.1 Å². The van der Waals surface area contributed by atoms with Crippen molar-refractivity contribution in [3.05, 3.63) is 0 Å². The second-order valence-electron chi connectivity index (χ2n) is 4.85. The van der Waals surface area contributed by atoms with E-state index in [0.29, 0.717) is 17.4 Å². The zero-order valence-corrected chi connectivity index (χ0v) is 11.0. The Balaban J connectivity index is 4.02. The molecule has 0 rings (SSSR count). The van der Waals surface area contributed by atoms with Crippen LogP contribution in [0.25, 0.3) is 0 Å². The van der Waals surface area contributed by atoms with Crippen molar-refractivity contribution in [1.29, 1.82) is 0 Å². The van der Waals surface area contributed by atoms with Gasteiger partial charge in [-0.3, -0.25) is 0 Å². The minimum absolute atomic E-state index is 0.210. The van der Waals surface area contributed by atoms with Crippen molar-refractivity contribution in [2.45, 2.75) is 66.1 Å². The molecule has 0 bridgehead atoms. The van der Waals surface area contributed by atoms with E-state index in [9.17, 15) is 0 Å². The first-order valence-electron chi connectivity index (χ1n) is 5.66. The maximum atomic E-state index is 5.91. The molecule has 0 fully saturated rings. The second-order valence-corrected chi connectivity index (χ2v) is 5.16. The predicted molar refractivity (Wildman–Crippen MR) is 64.0 cm³/mol. The average Bonchev–Trinajstić information content (AvgIpc) is 2.16. The number of rotatable bonds is 7. The molecule has 0 aliphatic heterocycles. The molecule has 14 heavy (non-hydrogen) atoms. The van der Waals surface area contributed by atoms with E-state index in [-0.39, 0.29) is 6.10 Å². The maximum Gasteiger partial charge on any atom is 0.0719 e. The van der Waals surface area contributed by atoms with E-state index in [1.165, 1.54) is 6.42 Å². The summed E-state index contributed by atoms with van der Waals surface area (Å²) in [5.74, 6) is 0.605. The largest absolute Gasteiger partial charge is 0.374 e. The molecular weight excluding hydrogens is 196 g/mol. The fraction of sp³-hybridized carbons (Fsp3) is 1.00. The molecule has 2 unspecified atom stereocenters. The average molecular weight is 221 g/mol. The summed E-state index contributed by atoms with van der Waals surface area (Å²) in [6, 6.07) is 0. The van der Waals surface area contributed by atoms with Crippen LogP contribution in [0.1, 0.15) is 53.9 Å². The highest BCUT2D eigenvalue weighted by molar-refractivity contribution is 6.18. The van der Waals surface area contributed by atoms with Gasteiger partial charge in [-0.05, 0) is 25.2 Å². The number of alkyl halides is 1. The summed E-state index contributed by atoms with van der Waals surface area (Å²) < 4.78 is 5.85. The van der Waals surface area contributed by atoms with Gasteiger partial charge in [-0.25, -0.2) is 0 Å². The smallest absolute Gasteiger partial charge is 0.0719 e. The van der Waals surface area contributed by atoms with Gasteiger partial charge in [0, 0.05) is 5.88 Å². The van der Waals surface area contributed by atoms with Crippen molar-refractivity contribution in [3.8, 4) is 0 Å². The summed E-state index contributed by atoms with van der Waals surface area (Å²) in [5, 5.41) is 0. The quantitative estimate of drug-likeness (QED) is 0.584. The monoisotopic (exact) mass is 220 g/mol. The zero-order valence-electron chi connectivity index (χ0n) is 10.3. The lowest BCUT2D eigenvalue weighted by Crippen LogP contribution is -2.27. The summed E-state index contributed by atoms with van der Waals surface area (Å²) >= 11 is 5.91. The fourth-order valence-corrected chi connectivity index (χ4v) is 1.51. The second kappa shape index (κ2) is 6.68. The van der Waals surface area contributed by atoms with Gasteiger partial charge >= 0.3 is 0 Å². The molecular formula is C12H25ClO. The Hall–Kier alpha value is 0.250. The van der Waals surface area contributed by atoms with E-state index in [4.69, 9.17) is 16.3 Å². The first-order chi connectivity index (χ1) is 6.45. The standard InChI is InChI=1S/C12H25ClO/c1-6-10(3)14-11(9-13)8-12(4,5)7-2/h10-11H,6-9H2,1-5H3. The van der Waals surface area contributed by atoms with Gasteiger partial charge in [0.2, 0.25) is 0 Å². The van der Waals surface area contributed by atoms with Gasteiger partial charge in [0.25, 0.3) is 0 Å². The van der Waals surface area contributed by atoms with E-state index < -0.39 is 0 Å². The SMILES string of the molecule is CCC(C)OC(CCl)CC(C)(C)CC. The van der Waals surface area contributed by atoms with E-state index in [0.717, 1.165) is 12.8 Å². The third-order valence-electron chi connectivity index (χ3n) is 2.91. The fourth-order valence-electron chi connectivity index (χ4n) is 1.32. The van der Waals surface area contributed by atoms with Crippen molar-refractivity contribution in [2.24, 2.45) is 5.41 Å². The van der Waals surface area contributed by atoms with Gasteiger partial charge in [-0.15, -0.1) is 11.6 Å². The lowest BCUT2D eigenvalue weighted by molar-refractivity contribution is -0.0137. The molecule has 0 aliphatic carbocycles. The predicted octanol–water partition coefficient (Wildman–Crippen LogP) is 4.24. The van der Waals surface area contributed by atoms with Gasteiger partial charge in [0.15, 0.2) is 0 Å². The molecule has 86 valence electrons. The van der Waals surface area contributed by atoms with Crippen LogP contribution < -0.4 is 0 Å².